The fourth-order valence-electron chi connectivity index (χ4n) is 2.43. The van der Waals surface area contributed by atoms with Gasteiger partial charge in [0.1, 0.15) is 5.82 Å². The van der Waals surface area contributed by atoms with Gasteiger partial charge < -0.3 is 0 Å². The predicted molar refractivity (Wildman–Crippen MR) is 80.3 cm³/mol. The maximum Gasteiger partial charge on any atom is 0.192 e. The Balaban J connectivity index is 2.42. The van der Waals surface area contributed by atoms with Gasteiger partial charge in [0.05, 0.1) is 5.69 Å². The number of fused-ring (bicyclic) bond motifs is 1. The van der Waals surface area contributed by atoms with Crippen molar-refractivity contribution in [3.05, 3.63) is 47.3 Å². The van der Waals surface area contributed by atoms with Crippen molar-refractivity contribution in [1.82, 2.24) is 14.8 Å². The first-order valence-corrected chi connectivity index (χ1v) is 6.64. The van der Waals surface area contributed by atoms with Crippen LogP contribution in [0.5, 0.6) is 0 Å². The van der Waals surface area contributed by atoms with Crippen LogP contribution >= 0.6 is 12.6 Å². The number of rotatable bonds is 1. The van der Waals surface area contributed by atoms with E-state index in [2.05, 4.69) is 67.0 Å². The van der Waals surface area contributed by atoms with Crippen LogP contribution in [0.4, 0.5) is 0 Å². The Kier molecular flexibility index (Phi) is 2.82. The molecule has 2 aromatic carbocycles. The van der Waals surface area contributed by atoms with Gasteiger partial charge in [0.25, 0.3) is 0 Å². The Morgan fingerprint density at radius 1 is 0.947 bits per heavy atom. The van der Waals surface area contributed by atoms with Gasteiger partial charge in [-0.2, -0.15) is 0 Å². The number of nitrogens with zero attached hydrogens (tertiary/aromatic N) is 3. The van der Waals surface area contributed by atoms with E-state index < -0.39 is 0 Å². The number of hydrogen-bond donors (Lipinski definition) is 1. The van der Waals surface area contributed by atoms with Gasteiger partial charge in [-0.05, 0) is 43.9 Å². The van der Waals surface area contributed by atoms with Gasteiger partial charge in [0, 0.05) is 5.39 Å². The monoisotopic (exact) mass is 269 g/mol. The van der Waals surface area contributed by atoms with Crippen LogP contribution in [0.3, 0.4) is 0 Å². The molecule has 0 N–H and O–H groups in total. The molecule has 0 bridgehead atoms. The van der Waals surface area contributed by atoms with Crippen LogP contribution < -0.4 is 0 Å². The smallest absolute Gasteiger partial charge is 0.192 e. The minimum absolute atomic E-state index is 0.615. The van der Waals surface area contributed by atoms with Crippen molar-refractivity contribution < 1.29 is 0 Å². The van der Waals surface area contributed by atoms with Crippen LogP contribution in [-0.4, -0.2) is 14.8 Å². The number of thiol groups is 1. The topological polar surface area (TPSA) is 30.7 Å². The van der Waals surface area contributed by atoms with Gasteiger partial charge >= 0.3 is 0 Å². The standard InChI is InChI=1S/C15H15N3S/c1-9-4-6-12-10(2)5-7-14(13(12)8-9)18-11(3)16-17-15(18)19/h4-8H,1-3H3,(H,17,19). The fraction of sp³-hybridized carbons (Fsp3) is 0.200. The van der Waals surface area contributed by atoms with E-state index in [9.17, 15) is 0 Å². The molecule has 0 spiro atoms. The maximum absolute atomic E-state index is 4.40. The molecule has 0 unspecified atom stereocenters. The van der Waals surface area contributed by atoms with Crippen LogP contribution in [0.25, 0.3) is 16.5 Å². The van der Waals surface area contributed by atoms with E-state index in [1.165, 1.54) is 21.9 Å². The summed E-state index contributed by atoms with van der Waals surface area (Å²) in [6.45, 7) is 6.17. The summed E-state index contributed by atoms with van der Waals surface area (Å²) in [6, 6.07) is 10.7. The van der Waals surface area contributed by atoms with Crippen molar-refractivity contribution in [1.29, 1.82) is 0 Å². The highest BCUT2D eigenvalue weighted by molar-refractivity contribution is 7.80. The zero-order chi connectivity index (χ0) is 13.6. The highest BCUT2D eigenvalue weighted by Crippen LogP contribution is 2.28. The maximum atomic E-state index is 4.40. The van der Waals surface area contributed by atoms with Crippen LogP contribution in [0, 0.1) is 20.8 Å². The summed E-state index contributed by atoms with van der Waals surface area (Å²) >= 11 is 4.40. The molecule has 96 valence electrons. The van der Waals surface area contributed by atoms with Crippen molar-refractivity contribution in [3.8, 4) is 5.69 Å². The third kappa shape index (κ3) is 1.92. The lowest BCUT2D eigenvalue weighted by Crippen LogP contribution is -1.99. The molecule has 0 aliphatic carbocycles. The second-order valence-corrected chi connectivity index (χ2v) is 5.23. The summed E-state index contributed by atoms with van der Waals surface area (Å²) < 4.78 is 1.98. The van der Waals surface area contributed by atoms with Crippen molar-refractivity contribution in [2.45, 2.75) is 25.9 Å². The minimum atomic E-state index is 0.615. The fourth-order valence-corrected chi connectivity index (χ4v) is 2.72. The molecule has 0 fully saturated rings. The third-order valence-electron chi connectivity index (χ3n) is 3.42. The second kappa shape index (κ2) is 4.38. The number of benzene rings is 2. The molecule has 1 aromatic heterocycles. The van der Waals surface area contributed by atoms with Crippen molar-refractivity contribution in [2.24, 2.45) is 0 Å². The number of aromatic nitrogens is 3. The van der Waals surface area contributed by atoms with Crippen LogP contribution in [0.2, 0.25) is 0 Å². The summed E-state index contributed by atoms with van der Waals surface area (Å²) in [4.78, 5) is 0. The Labute approximate surface area is 117 Å². The van der Waals surface area contributed by atoms with E-state index in [-0.39, 0.29) is 0 Å². The first kappa shape index (κ1) is 12.2. The average molecular weight is 269 g/mol. The molecule has 19 heavy (non-hydrogen) atoms. The van der Waals surface area contributed by atoms with E-state index in [1.807, 2.05) is 11.5 Å². The molecule has 4 heteroatoms. The summed E-state index contributed by atoms with van der Waals surface area (Å²) in [5.41, 5.74) is 3.59. The first-order chi connectivity index (χ1) is 9.08. The normalized spacial score (nSPS) is 11.2. The lowest BCUT2D eigenvalue weighted by Gasteiger charge is -2.12. The van der Waals surface area contributed by atoms with Gasteiger partial charge in [0.15, 0.2) is 5.16 Å². The summed E-state index contributed by atoms with van der Waals surface area (Å²) in [7, 11) is 0. The molecule has 1 heterocycles. The predicted octanol–water partition coefficient (Wildman–Crippen LogP) is 3.63. The molecule has 0 radical (unpaired) electrons. The minimum Gasteiger partial charge on any atom is -0.274 e. The Hall–Kier alpha value is -1.81. The van der Waals surface area contributed by atoms with Crippen molar-refractivity contribution >= 4 is 23.4 Å². The lowest BCUT2D eigenvalue weighted by atomic mass is 10.0. The third-order valence-corrected chi connectivity index (χ3v) is 3.71. The highest BCUT2D eigenvalue weighted by atomic mass is 32.1. The number of aryl methyl sites for hydroxylation is 3. The molecular formula is C15H15N3S. The van der Waals surface area contributed by atoms with E-state index >= 15 is 0 Å². The summed E-state index contributed by atoms with van der Waals surface area (Å²) in [5.74, 6) is 0.844. The molecule has 3 nitrogen and oxygen atoms in total. The molecule has 3 rings (SSSR count). The zero-order valence-corrected chi connectivity index (χ0v) is 12.1. The molecule has 3 aromatic rings. The van der Waals surface area contributed by atoms with Gasteiger partial charge in [-0.1, -0.05) is 23.8 Å². The van der Waals surface area contributed by atoms with Gasteiger partial charge in [-0.3, -0.25) is 4.57 Å². The Bertz CT molecular complexity index is 755. The van der Waals surface area contributed by atoms with Crippen LogP contribution in [-0.2, 0) is 0 Å². The molecule has 0 saturated heterocycles. The first-order valence-electron chi connectivity index (χ1n) is 6.19. The number of hydrogen-bond acceptors (Lipinski definition) is 3. The van der Waals surface area contributed by atoms with Gasteiger partial charge in [-0.15, -0.1) is 22.8 Å². The highest BCUT2D eigenvalue weighted by Gasteiger charge is 2.11. The van der Waals surface area contributed by atoms with E-state index in [4.69, 9.17) is 0 Å². The Morgan fingerprint density at radius 3 is 2.42 bits per heavy atom. The van der Waals surface area contributed by atoms with Gasteiger partial charge in [0.2, 0.25) is 0 Å². The van der Waals surface area contributed by atoms with Gasteiger partial charge in [-0.25, -0.2) is 0 Å². The second-order valence-electron chi connectivity index (χ2n) is 4.83. The van der Waals surface area contributed by atoms with E-state index in [0.29, 0.717) is 5.16 Å². The average Bonchev–Trinajstić information content (AvgIpc) is 2.70. The zero-order valence-electron chi connectivity index (χ0n) is 11.2. The summed E-state index contributed by atoms with van der Waals surface area (Å²) in [6.07, 6.45) is 0. The lowest BCUT2D eigenvalue weighted by molar-refractivity contribution is 0.879. The van der Waals surface area contributed by atoms with Crippen molar-refractivity contribution in [2.75, 3.05) is 0 Å². The largest absolute Gasteiger partial charge is 0.274 e. The quantitative estimate of drug-likeness (QED) is 0.684. The van der Waals surface area contributed by atoms with Crippen LogP contribution in [0.15, 0.2) is 35.5 Å². The molecule has 0 saturated carbocycles. The van der Waals surface area contributed by atoms with Crippen molar-refractivity contribution in [3.63, 3.8) is 0 Å². The molecular weight excluding hydrogens is 254 g/mol. The molecule has 0 aliphatic heterocycles. The van der Waals surface area contributed by atoms with E-state index in [1.54, 1.807) is 0 Å². The summed E-state index contributed by atoms with van der Waals surface area (Å²) in [5, 5.41) is 11.2. The van der Waals surface area contributed by atoms with Crippen LogP contribution in [0.1, 0.15) is 17.0 Å². The molecule has 0 amide bonds. The SMILES string of the molecule is Cc1ccc2c(C)ccc(-n3c(C)nnc3S)c2c1. The molecule has 0 aliphatic rings. The Morgan fingerprint density at radius 2 is 1.74 bits per heavy atom. The molecule has 0 atom stereocenters. The van der Waals surface area contributed by atoms with E-state index in [0.717, 1.165) is 11.5 Å².